The molecule has 0 unspecified atom stereocenters. The molecule has 1 N–H and O–H groups in total. The maximum atomic E-state index is 13.9. The SMILES string of the molecule is CC1(C)C[C@@H]2C[C@](C)(CN2C(=O)c2cc3n(n2)[C@H](C(F)(F)F)C[C@H](c2cccs2)N3)C1. The van der Waals surface area contributed by atoms with Crippen LogP contribution in [0, 0.1) is 10.8 Å². The largest absolute Gasteiger partial charge is 0.410 e. The zero-order valence-corrected chi connectivity index (χ0v) is 18.7. The topological polar surface area (TPSA) is 50.2 Å². The van der Waals surface area contributed by atoms with Crippen LogP contribution in [0.2, 0.25) is 0 Å². The van der Waals surface area contributed by atoms with Crippen LogP contribution in [0.5, 0.6) is 0 Å². The lowest BCUT2D eigenvalue weighted by Gasteiger charge is -2.39. The van der Waals surface area contributed by atoms with E-state index in [-0.39, 0.29) is 40.7 Å². The highest BCUT2D eigenvalue weighted by molar-refractivity contribution is 7.10. The number of alkyl halides is 3. The van der Waals surface area contributed by atoms with Crippen molar-refractivity contribution in [2.75, 3.05) is 11.9 Å². The van der Waals surface area contributed by atoms with Gasteiger partial charge < -0.3 is 10.2 Å². The monoisotopic (exact) mass is 452 g/mol. The molecule has 4 heterocycles. The summed E-state index contributed by atoms with van der Waals surface area (Å²) in [7, 11) is 0. The number of nitrogens with zero attached hydrogens (tertiary/aromatic N) is 3. The lowest BCUT2D eigenvalue weighted by molar-refractivity contribution is -0.173. The smallest absolute Gasteiger partial charge is 0.363 e. The number of aromatic nitrogens is 2. The number of anilines is 1. The van der Waals surface area contributed by atoms with E-state index in [1.165, 1.54) is 17.4 Å². The summed E-state index contributed by atoms with van der Waals surface area (Å²) in [5, 5.41) is 9.21. The molecule has 0 aromatic carbocycles. The Balaban J connectivity index is 1.46. The molecule has 1 saturated carbocycles. The van der Waals surface area contributed by atoms with Crippen molar-refractivity contribution >= 4 is 23.1 Å². The molecule has 5 rings (SSSR count). The third-order valence-corrected chi connectivity index (χ3v) is 7.96. The fourth-order valence-corrected chi connectivity index (χ4v) is 6.99. The summed E-state index contributed by atoms with van der Waals surface area (Å²) in [6.45, 7) is 7.29. The third-order valence-electron chi connectivity index (χ3n) is 6.97. The molecule has 168 valence electrons. The molecule has 2 aromatic rings. The Bertz CT molecular complexity index is 999. The molecule has 5 nitrogen and oxygen atoms in total. The van der Waals surface area contributed by atoms with Gasteiger partial charge in [0.2, 0.25) is 0 Å². The summed E-state index contributed by atoms with van der Waals surface area (Å²) < 4.78 is 42.6. The highest BCUT2D eigenvalue weighted by Gasteiger charge is 2.52. The zero-order valence-electron chi connectivity index (χ0n) is 17.9. The van der Waals surface area contributed by atoms with E-state index in [4.69, 9.17) is 0 Å². The molecule has 9 heteroatoms. The van der Waals surface area contributed by atoms with Crippen LogP contribution in [0.1, 0.15) is 73.9 Å². The number of likely N-dealkylation sites (tertiary alicyclic amines) is 1. The molecule has 1 saturated heterocycles. The Morgan fingerprint density at radius 2 is 2.06 bits per heavy atom. The number of fused-ring (bicyclic) bond motifs is 3. The Kier molecular flexibility index (Phi) is 4.53. The molecular formula is C22H27F3N4OS. The molecular weight excluding hydrogens is 425 g/mol. The van der Waals surface area contributed by atoms with Crippen molar-refractivity contribution in [2.45, 2.75) is 70.8 Å². The Hall–Kier alpha value is -2.03. The van der Waals surface area contributed by atoms with E-state index in [1.807, 2.05) is 22.4 Å². The first-order valence-electron chi connectivity index (χ1n) is 10.7. The van der Waals surface area contributed by atoms with E-state index in [9.17, 15) is 18.0 Å². The van der Waals surface area contributed by atoms with Crippen LogP contribution in [0.15, 0.2) is 23.6 Å². The number of hydrogen-bond acceptors (Lipinski definition) is 4. The number of halogens is 3. The number of hydrogen-bond donors (Lipinski definition) is 1. The van der Waals surface area contributed by atoms with Crippen molar-refractivity contribution in [1.82, 2.24) is 14.7 Å². The van der Waals surface area contributed by atoms with E-state index in [0.29, 0.717) is 6.54 Å². The lowest BCUT2D eigenvalue weighted by atomic mass is 9.65. The molecule has 0 radical (unpaired) electrons. The molecule has 1 amide bonds. The predicted octanol–water partition coefficient (Wildman–Crippen LogP) is 5.65. The molecule has 2 bridgehead atoms. The van der Waals surface area contributed by atoms with Crippen LogP contribution in [-0.2, 0) is 0 Å². The van der Waals surface area contributed by atoms with E-state index in [1.54, 1.807) is 0 Å². The minimum absolute atomic E-state index is 0.0540. The fourth-order valence-electron chi connectivity index (χ4n) is 6.20. The normalized spacial score (nSPS) is 31.9. The third kappa shape index (κ3) is 3.64. The molecule has 0 spiro atoms. The van der Waals surface area contributed by atoms with Crippen molar-refractivity contribution < 1.29 is 18.0 Å². The second kappa shape index (κ2) is 6.73. The average molecular weight is 453 g/mol. The Labute approximate surface area is 183 Å². The van der Waals surface area contributed by atoms with Crippen LogP contribution in [0.25, 0.3) is 0 Å². The van der Waals surface area contributed by atoms with Crippen LogP contribution in [0.4, 0.5) is 19.0 Å². The lowest BCUT2D eigenvalue weighted by Crippen LogP contribution is -2.38. The fraction of sp³-hybridized carbons (Fsp3) is 0.636. The van der Waals surface area contributed by atoms with Crippen LogP contribution in [-0.4, -0.2) is 39.4 Å². The zero-order chi connectivity index (χ0) is 22.2. The average Bonchev–Trinajstić information content (AvgIpc) is 3.35. The molecule has 2 aromatic heterocycles. The second-order valence-electron chi connectivity index (χ2n) is 10.5. The number of carbonyl (C=O) groups is 1. The number of amides is 1. The Morgan fingerprint density at radius 3 is 2.74 bits per heavy atom. The van der Waals surface area contributed by atoms with Gasteiger partial charge in [0, 0.05) is 30.0 Å². The quantitative estimate of drug-likeness (QED) is 0.641. The van der Waals surface area contributed by atoms with Gasteiger partial charge in [-0.15, -0.1) is 11.3 Å². The summed E-state index contributed by atoms with van der Waals surface area (Å²) in [6, 6.07) is 3.07. The number of nitrogens with one attached hydrogen (secondary N) is 1. The molecule has 2 fully saturated rings. The van der Waals surface area contributed by atoms with E-state index < -0.39 is 18.3 Å². The number of thiophene rings is 1. The van der Waals surface area contributed by atoms with Crippen molar-refractivity contribution in [3.63, 3.8) is 0 Å². The highest BCUT2D eigenvalue weighted by atomic mass is 32.1. The second-order valence-corrected chi connectivity index (χ2v) is 11.5. The Morgan fingerprint density at radius 1 is 1.29 bits per heavy atom. The van der Waals surface area contributed by atoms with E-state index >= 15 is 0 Å². The first-order chi connectivity index (χ1) is 14.4. The summed E-state index contributed by atoms with van der Waals surface area (Å²) in [5.41, 5.74) is 0.299. The van der Waals surface area contributed by atoms with Gasteiger partial charge in [-0.05, 0) is 41.5 Å². The summed E-state index contributed by atoms with van der Waals surface area (Å²) in [4.78, 5) is 16.1. The predicted molar refractivity (Wildman–Crippen MR) is 113 cm³/mol. The maximum Gasteiger partial charge on any atom is 0.410 e. The first kappa shape index (κ1) is 20.8. The standard InChI is InChI=1S/C22H27F3N4OS/c1-20(2)9-13-10-21(3,11-20)12-28(13)19(30)15-8-18-26-14(16-5-4-6-31-16)7-17(22(23,24)25)29(18)27-15/h4-6,8,13-14,17,26H,7,9-12H2,1-3H3/t13-,14-,17+,21+/m1/s1. The van der Waals surface area contributed by atoms with Gasteiger partial charge in [-0.1, -0.05) is 26.8 Å². The van der Waals surface area contributed by atoms with Gasteiger partial charge in [0.15, 0.2) is 11.7 Å². The number of rotatable bonds is 2. The molecule has 31 heavy (non-hydrogen) atoms. The molecule has 1 aliphatic carbocycles. The summed E-state index contributed by atoms with van der Waals surface area (Å²) in [5.74, 6) is -0.00671. The molecule has 2 aliphatic heterocycles. The van der Waals surface area contributed by atoms with E-state index in [0.717, 1.165) is 28.8 Å². The van der Waals surface area contributed by atoms with Crippen LogP contribution < -0.4 is 5.32 Å². The van der Waals surface area contributed by atoms with Gasteiger partial charge in [-0.2, -0.15) is 18.3 Å². The minimum atomic E-state index is -4.44. The molecule has 4 atom stereocenters. The maximum absolute atomic E-state index is 13.9. The van der Waals surface area contributed by atoms with Gasteiger partial charge in [0.1, 0.15) is 5.82 Å². The van der Waals surface area contributed by atoms with Crippen molar-refractivity contribution in [2.24, 2.45) is 10.8 Å². The van der Waals surface area contributed by atoms with E-state index in [2.05, 4.69) is 31.2 Å². The summed E-state index contributed by atoms with van der Waals surface area (Å²) >= 11 is 1.43. The van der Waals surface area contributed by atoms with Gasteiger partial charge in [0.05, 0.1) is 6.04 Å². The van der Waals surface area contributed by atoms with Crippen LogP contribution >= 0.6 is 11.3 Å². The minimum Gasteiger partial charge on any atom is -0.363 e. The molecule has 3 aliphatic rings. The first-order valence-corrected chi connectivity index (χ1v) is 11.6. The van der Waals surface area contributed by atoms with Crippen molar-refractivity contribution in [1.29, 1.82) is 0 Å². The van der Waals surface area contributed by atoms with Crippen molar-refractivity contribution in [3.05, 3.63) is 34.2 Å². The van der Waals surface area contributed by atoms with Gasteiger partial charge in [0.25, 0.3) is 5.91 Å². The highest BCUT2D eigenvalue weighted by Crippen LogP contribution is 2.53. The van der Waals surface area contributed by atoms with Gasteiger partial charge >= 0.3 is 6.18 Å². The summed E-state index contributed by atoms with van der Waals surface area (Å²) in [6.07, 6.45) is -1.70. The van der Waals surface area contributed by atoms with Gasteiger partial charge in [-0.25, -0.2) is 4.68 Å². The van der Waals surface area contributed by atoms with Gasteiger partial charge in [-0.3, -0.25) is 4.79 Å². The number of carbonyl (C=O) groups excluding carboxylic acids is 1. The van der Waals surface area contributed by atoms with Crippen LogP contribution in [0.3, 0.4) is 0 Å². The van der Waals surface area contributed by atoms with Crippen molar-refractivity contribution in [3.8, 4) is 0 Å².